The Hall–Kier alpha value is -2.30. The maximum absolute atomic E-state index is 2.41. The fraction of sp³-hybridized carbons (Fsp3) is 0.0455. The second-order valence-corrected chi connectivity index (χ2v) is 8.70. The first kappa shape index (κ1) is 15.6. The molecule has 0 bridgehead atoms. The Labute approximate surface area is 139 Å². The third kappa shape index (κ3) is 3.09. The number of hydrogen-bond donors (Lipinski definition) is 0. The molecule has 0 saturated carbocycles. The van der Waals surface area contributed by atoms with E-state index < -0.39 is 6.89 Å². The summed E-state index contributed by atoms with van der Waals surface area (Å²) in [6.07, 6.45) is 4.31. The van der Waals surface area contributed by atoms with Crippen LogP contribution in [0.4, 0.5) is 0 Å². The standard InChI is InChI=1S/C22H21P/c1-2-3-19-23(20-13-7-4-8-14-20,21-15-9-5-10-16-21)22-17-11-6-12-18-22/h2-19H,1H3/b3-2+. The number of allylic oxidation sites excluding steroid dienone is 2. The molecular formula is C22H21P. The van der Waals surface area contributed by atoms with Gasteiger partial charge in [0.15, 0.2) is 0 Å². The predicted molar refractivity (Wildman–Crippen MR) is 106 cm³/mol. The Kier molecular flexibility index (Phi) is 4.95. The van der Waals surface area contributed by atoms with Gasteiger partial charge in [-0.25, -0.2) is 0 Å². The molecule has 0 radical (unpaired) electrons. The van der Waals surface area contributed by atoms with E-state index in [0.717, 1.165) is 0 Å². The summed E-state index contributed by atoms with van der Waals surface area (Å²) in [6, 6.07) is 32.6. The molecule has 0 nitrogen and oxygen atoms in total. The van der Waals surface area contributed by atoms with Crippen LogP contribution >= 0.6 is 6.89 Å². The molecule has 0 saturated heterocycles. The van der Waals surface area contributed by atoms with Gasteiger partial charge in [-0.3, -0.25) is 0 Å². The molecule has 0 aromatic heterocycles. The quantitative estimate of drug-likeness (QED) is 0.627. The highest BCUT2D eigenvalue weighted by molar-refractivity contribution is 7.94. The van der Waals surface area contributed by atoms with Crippen molar-refractivity contribution in [3.63, 3.8) is 0 Å². The van der Waals surface area contributed by atoms with Gasteiger partial charge in [0.05, 0.1) is 0 Å². The highest BCUT2D eigenvalue weighted by Gasteiger charge is 2.23. The van der Waals surface area contributed by atoms with E-state index in [4.69, 9.17) is 0 Å². The summed E-state index contributed by atoms with van der Waals surface area (Å²) in [6.45, 7) is 0.294. The van der Waals surface area contributed by atoms with Gasteiger partial charge in [0.2, 0.25) is 0 Å². The minimum Gasteiger partial charge on any atom is -0.0876 e. The van der Waals surface area contributed by atoms with Crippen molar-refractivity contribution < 1.29 is 0 Å². The summed E-state index contributed by atoms with van der Waals surface area (Å²) in [7, 11) is 0. The van der Waals surface area contributed by atoms with Gasteiger partial charge in [-0.1, -0.05) is 109 Å². The molecule has 0 atom stereocenters. The van der Waals surface area contributed by atoms with E-state index in [9.17, 15) is 0 Å². The van der Waals surface area contributed by atoms with Crippen LogP contribution in [-0.4, -0.2) is 5.80 Å². The third-order valence-corrected chi connectivity index (χ3v) is 7.95. The summed E-state index contributed by atoms with van der Waals surface area (Å²) >= 11 is 0. The van der Waals surface area contributed by atoms with Gasteiger partial charge >= 0.3 is 0 Å². The van der Waals surface area contributed by atoms with Crippen LogP contribution < -0.4 is 15.9 Å². The van der Waals surface area contributed by atoms with Crippen molar-refractivity contribution in [2.45, 2.75) is 6.92 Å². The monoisotopic (exact) mass is 316 g/mol. The molecule has 0 unspecified atom stereocenters. The molecule has 3 rings (SSSR count). The van der Waals surface area contributed by atoms with Gasteiger partial charge in [-0.2, -0.15) is 0 Å². The maximum Gasteiger partial charge on any atom is -0.0160 e. The van der Waals surface area contributed by atoms with Crippen molar-refractivity contribution in [2.75, 3.05) is 0 Å². The van der Waals surface area contributed by atoms with E-state index in [1.165, 1.54) is 15.9 Å². The Morgan fingerprint density at radius 3 is 1.22 bits per heavy atom. The van der Waals surface area contributed by atoms with E-state index in [0.29, 0.717) is 0 Å². The lowest BCUT2D eigenvalue weighted by molar-refractivity contribution is 1.73. The van der Waals surface area contributed by atoms with Crippen molar-refractivity contribution in [3.05, 3.63) is 103 Å². The minimum atomic E-state index is -1.78. The lowest BCUT2D eigenvalue weighted by Crippen LogP contribution is -2.26. The zero-order valence-corrected chi connectivity index (χ0v) is 14.2. The van der Waals surface area contributed by atoms with Crippen molar-refractivity contribution in [2.24, 2.45) is 0 Å². The normalized spacial score (nSPS) is 11.5. The van der Waals surface area contributed by atoms with Crippen LogP contribution in [0, 0.1) is 0 Å². The molecule has 0 heterocycles. The van der Waals surface area contributed by atoms with E-state index in [1.807, 2.05) is 0 Å². The highest BCUT2D eigenvalue weighted by Crippen LogP contribution is 2.43. The van der Waals surface area contributed by atoms with Gasteiger partial charge in [-0.05, 0) is 29.7 Å². The first-order valence-corrected chi connectivity index (χ1v) is 9.76. The van der Waals surface area contributed by atoms with E-state index in [2.05, 4.69) is 116 Å². The minimum absolute atomic E-state index is 1.38. The van der Waals surface area contributed by atoms with E-state index in [1.54, 1.807) is 0 Å². The molecule has 0 aliphatic rings. The van der Waals surface area contributed by atoms with Crippen LogP contribution in [0.5, 0.6) is 0 Å². The smallest absolute Gasteiger partial charge is 0.0160 e. The lowest BCUT2D eigenvalue weighted by atomic mass is 10.4. The Balaban J connectivity index is 2.41. The Morgan fingerprint density at radius 2 is 0.913 bits per heavy atom. The van der Waals surface area contributed by atoms with Crippen LogP contribution in [0.25, 0.3) is 0 Å². The zero-order valence-electron chi connectivity index (χ0n) is 13.3. The molecule has 114 valence electrons. The van der Waals surface area contributed by atoms with Gasteiger partial charge in [0.1, 0.15) is 0 Å². The molecule has 1 heteroatoms. The first-order valence-electron chi connectivity index (χ1n) is 7.91. The number of rotatable bonds is 4. The molecule has 3 aromatic rings. The summed E-state index contributed by atoms with van der Waals surface area (Å²) in [5.74, 6) is 2.41. The second-order valence-electron chi connectivity index (χ2n) is 5.40. The molecule has 0 aliphatic carbocycles. The van der Waals surface area contributed by atoms with E-state index >= 15 is 0 Å². The molecule has 3 aromatic carbocycles. The van der Waals surface area contributed by atoms with Crippen LogP contribution in [-0.2, 0) is 0 Å². The maximum atomic E-state index is 2.41. The molecular weight excluding hydrogens is 295 g/mol. The molecule has 23 heavy (non-hydrogen) atoms. The van der Waals surface area contributed by atoms with Crippen LogP contribution in [0.3, 0.4) is 0 Å². The molecule has 0 fully saturated rings. The van der Waals surface area contributed by atoms with E-state index in [-0.39, 0.29) is 0 Å². The summed E-state index contributed by atoms with van der Waals surface area (Å²) in [5, 5.41) is 4.15. The van der Waals surface area contributed by atoms with Gasteiger partial charge in [0.25, 0.3) is 0 Å². The Bertz CT molecular complexity index is 712. The van der Waals surface area contributed by atoms with Crippen molar-refractivity contribution >= 4 is 28.6 Å². The topological polar surface area (TPSA) is 0 Å². The zero-order chi connectivity index (χ0) is 16.0. The number of hydrogen-bond acceptors (Lipinski definition) is 0. The van der Waals surface area contributed by atoms with Gasteiger partial charge in [-0.15, -0.1) is 0 Å². The largest absolute Gasteiger partial charge is 0.0876 e. The second kappa shape index (κ2) is 7.31. The van der Waals surface area contributed by atoms with Crippen LogP contribution in [0.1, 0.15) is 6.92 Å². The average Bonchev–Trinajstić information content (AvgIpc) is 2.65. The fourth-order valence-electron chi connectivity index (χ4n) is 2.91. The summed E-state index contributed by atoms with van der Waals surface area (Å²) < 4.78 is 0. The third-order valence-electron chi connectivity index (χ3n) is 3.99. The SMILES string of the molecule is C/C=C/C=P(c1ccccc1)(c1ccccc1)c1ccccc1. The van der Waals surface area contributed by atoms with Crippen molar-refractivity contribution in [1.29, 1.82) is 0 Å². The number of benzene rings is 3. The van der Waals surface area contributed by atoms with Gasteiger partial charge in [0, 0.05) is 0 Å². The molecule has 0 amide bonds. The molecule has 0 N–H and O–H groups in total. The summed E-state index contributed by atoms with van der Waals surface area (Å²) in [5.41, 5.74) is 0. The van der Waals surface area contributed by atoms with Crippen molar-refractivity contribution in [3.8, 4) is 0 Å². The first-order chi connectivity index (χ1) is 11.4. The van der Waals surface area contributed by atoms with Crippen molar-refractivity contribution in [1.82, 2.24) is 0 Å². The fourth-order valence-corrected chi connectivity index (χ4v) is 6.68. The molecule has 0 spiro atoms. The van der Waals surface area contributed by atoms with Gasteiger partial charge < -0.3 is 0 Å². The highest BCUT2D eigenvalue weighted by atomic mass is 31.2. The Morgan fingerprint density at radius 1 is 0.565 bits per heavy atom. The molecule has 0 aliphatic heterocycles. The predicted octanol–water partition coefficient (Wildman–Crippen LogP) is 4.36. The van der Waals surface area contributed by atoms with Crippen LogP contribution in [0.15, 0.2) is 103 Å². The average molecular weight is 316 g/mol. The summed E-state index contributed by atoms with van der Waals surface area (Å²) in [4.78, 5) is 0. The van der Waals surface area contributed by atoms with Crippen LogP contribution in [0.2, 0.25) is 0 Å². The lowest BCUT2D eigenvalue weighted by Gasteiger charge is -2.28.